The number of carbonyl (C=O) groups excluding carboxylic acids is 1. The average Bonchev–Trinajstić information content (AvgIpc) is 2.47. The van der Waals surface area contributed by atoms with E-state index in [9.17, 15) is 4.79 Å². The smallest absolute Gasteiger partial charge is 0.255 e. The first kappa shape index (κ1) is 15.0. The second-order valence-electron chi connectivity index (χ2n) is 4.88. The Morgan fingerprint density at radius 2 is 1.90 bits per heavy atom. The number of amides is 1. The molecule has 1 N–H and O–H groups in total. The van der Waals surface area contributed by atoms with Crippen LogP contribution in [0.2, 0.25) is 0 Å². The molecule has 0 aliphatic rings. The van der Waals surface area contributed by atoms with E-state index in [4.69, 9.17) is 4.74 Å². The Balaban J connectivity index is 2.10. The molecule has 0 saturated carbocycles. The summed E-state index contributed by atoms with van der Waals surface area (Å²) in [6, 6.07) is 7.50. The van der Waals surface area contributed by atoms with Gasteiger partial charge in [0.15, 0.2) is 0 Å². The van der Waals surface area contributed by atoms with Crippen LogP contribution in [0.1, 0.15) is 40.4 Å². The monoisotopic (exact) mass is 285 g/mol. The summed E-state index contributed by atoms with van der Waals surface area (Å²) in [5.74, 6) is 1.28. The number of aromatic nitrogens is 2. The summed E-state index contributed by atoms with van der Waals surface area (Å²) in [6.07, 6.45) is 1.56. The van der Waals surface area contributed by atoms with Crippen LogP contribution in [-0.4, -0.2) is 23.0 Å². The highest BCUT2D eigenvalue weighted by atomic mass is 16.5. The Hall–Kier alpha value is -2.43. The van der Waals surface area contributed by atoms with Gasteiger partial charge in [0.2, 0.25) is 0 Å². The van der Waals surface area contributed by atoms with Crippen LogP contribution in [0.25, 0.3) is 0 Å². The molecule has 110 valence electrons. The van der Waals surface area contributed by atoms with Gasteiger partial charge in [0, 0.05) is 6.20 Å². The molecule has 0 aliphatic carbocycles. The lowest BCUT2D eigenvalue weighted by Gasteiger charge is -2.15. The summed E-state index contributed by atoms with van der Waals surface area (Å²) in [4.78, 5) is 20.6. The van der Waals surface area contributed by atoms with Gasteiger partial charge in [-0.15, -0.1) is 0 Å². The van der Waals surface area contributed by atoms with Crippen molar-refractivity contribution in [2.45, 2.75) is 26.8 Å². The van der Waals surface area contributed by atoms with Gasteiger partial charge in [0.25, 0.3) is 5.91 Å². The molecular formula is C16H19N3O2. The topological polar surface area (TPSA) is 64.1 Å². The van der Waals surface area contributed by atoms with Crippen LogP contribution in [0.5, 0.6) is 5.75 Å². The van der Waals surface area contributed by atoms with Crippen LogP contribution in [0.3, 0.4) is 0 Å². The normalized spacial score (nSPS) is 11.8. The van der Waals surface area contributed by atoms with E-state index in [2.05, 4.69) is 15.3 Å². The Kier molecular flexibility index (Phi) is 4.52. The summed E-state index contributed by atoms with van der Waals surface area (Å²) in [7, 11) is 1.63. The number of methoxy groups -OCH3 is 1. The molecule has 1 amide bonds. The first-order chi connectivity index (χ1) is 10.0. The molecular weight excluding hydrogens is 266 g/mol. The molecule has 1 atom stereocenters. The van der Waals surface area contributed by atoms with Crippen molar-refractivity contribution in [3.05, 3.63) is 53.1 Å². The minimum absolute atomic E-state index is 0.107. The molecule has 2 aromatic rings. The molecule has 1 aromatic carbocycles. The minimum atomic E-state index is -0.171. The third kappa shape index (κ3) is 3.56. The SMILES string of the molecule is COc1ccc([C@H](C)NC(=O)c2cnc(C)nc2C)cc1. The number of rotatable bonds is 4. The van der Waals surface area contributed by atoms with Crippen molar-refractivity contribution in [1.82, 2.24) is 15.3 Å². The van der Waals surface area contributed by atoms with Gasteiger partial charge in [-0.2, -0.15) is 0 Å². The Morgan fingerprint density at radius 3 is 2.48 bits per heavy atom. The second kappa shape index (κ2) is 6.35. The summed E-state index contributed by atoms with van der Waals surface area (Å²) in [5, 5.41) is 2.95. The summed E-state index contributed by atoms with van der Waals surface area (Å²) < 4.78 is 5.12. The van der Waals surface area contributed by atoms with Gasteiger partial charge in [0.1, 0.15) is 11.6 Å². The highest BCUT2D eigenvalue weighted by molar-refractivity contribution is 5.95. The zero-order chi connectivity index (χ0) is 15.4. The van der Waals surface area contributed by atoms with Crippen molar-refractivity contribution in [1.29, 1.82) is 0 Å². The van der Waals surface area contributed by atoms with Gasteiger partial charge >= 0.3 is 0 Å². The molecule has 0 aliphatic heterocycles. The average molecular weight is 285 g/mol. The Labute approximate surface area is 124 Å². The molecule has 0 unspecified atom stereocenters. The third-order valence-electron chi connectivity index (χ3n) is 3.31. The van der Waals surface area contributed by atoms with E-state index >= 15 is 0 Å². The Morgan fingerprint density at radius 1 is 1.24 bits per heavy atom. The van der Waals surface area contributed by atoms with Gasteiger partial charge in [-0.05, 0) is 38.5 Å². The Bertz CT molecular complexity index is 638. The van der Waals surface area contributed by atoms with Crippen LogP contribution in [0.4, 0.5) is 0 Å². The predicted octanol–water partition coefficient (Wildman–Crippen LogP) is 2.59. The van der Waals surface area contributed by atoms with Crippen LogP contribution in [0.15, 0.2) is 30.5 Å². The fourth-order valence-electron chi connectivity index (χ4n) is 2.06. The third-order valence-corrected chi connectivity index (χ3v) is 3.31. The molecule has 1 aromatic heterocycles. The highest BCUT2D eigenvalue weighted by Crippen LogP contribution is 2.18. The van der Waals surface area contributed by atoms with Crippen LogP contribution in [-0.2, 0) is 0 Å². The van der Waals surface area contributed by atoms with E-state index < -0.39 is 0 Å². The number of ether oxygens (including phenoxy) is 1. The number of nitrogens with zero attached hydrogens (tertiary/aromatic N) is 2. The number of aryl methyl sites for hydroxylation is 2. The van der Waals surface area contributed by atoms with Crippen molar-refractivity contribution in [3.8, 4) is 5.75 Å². The van der Waals surface area contributed by atoms with Crippen molar-refractivity contribution in [2.24, 2.45) is 0 Å². The molecule has 2 rings (SSSR count). The maximum absolute atomic E-state index is 12.3. The summed E-state index contributed by atoms with van der Waals surface area (Å²) in [6.45, 7) is 5.54. The lowest BCUT2D eigenvalue weighted by molar-refractivity contribution is 0.0938. The van der Waals surface area contributed by atoms with Crippen molar-refractivity contribution in [2.75, 3.05) is 7.11 Å². The lowest BCUT2D eigenvalue weighted by atomic mass is 10.1. The van der Waals surface area contributed by atoms with Gasteiger partial charge in [-0.25, -0.2) is 9.97 Å². The van der Waals surface area contributed by atoms with E-state index in [0.717, 1.165) is 11.3 Å². The van der Waals surface area contributed by atoms with Crippen molar-refractivity contribution >= 4 is 5.91 Å². The number of benzene rings is 1. The van der Waals surface area contributed by atoms with E-state index in [-0.39, 0.29) is 11.9 Å². The molecule has 5 heteroatoms. The second-order valence-corrected chi connectivity index (χ2v) is 4.88. The van der Waals surface area contributed by atoms with Gasteiger partial charge < -0.3 is 10.1 Å². The molecule has 0 saturated heterocycles. The summed E-state index contributed by atoms with van der Waals surface area (Å²) >= 11 is 0. The fourth-order valence-corrected chi connectivity index (χ4v) is 2.06. The minimum Gasteiger partial charge on any atom is -0.497 e. The van der Waals surface area contributed by atoms with Gasteiger partial charge in [-0.1, -0.05) is 12.1 Å². The predicted molar refractivity (Wildman–Crippen MR) is 80.4 cm³/mol. The first-order valence-corrected chi connectivity index (χ1v) is 6.76. The van der Waals surface area contributed by atoms with E-state index in [1.54, 1.807) is 20.2 Å². The van der Waals surface area contributed by atoms with E-state index in [0.29, 0.717) is 17.1 Å². The van der Waals surface area contributed by atoms with Crippen molar-refractivity contribution in [3.63, 3.8) is 0 Å². The largest absolute Gasteiger partial charge is 0.497 e. The van der Waals surface area contributed by atoms with Gasteiger partial charge in [-0.3, -0.25) is 4.79 Å². The molecule has 0 fully saturated rings. The summed E-state index contributed by atoms with van der Waals surface area (Å²) in [5.41, 5.74) is 2.19. The van der Waals surface area contributed by atoms with E-state index in [1.165, 1.54) is 0 Å². The van der Waals surface area contributed by atoms with Crippen molar-refractivity contribution < 1.29 is 9.53 Å². The lowest BCUT2D eigenvalue weighted by Crippen LogP contribution is -2.27. The number of hydrogen-bond acceptors (Lipinski definition) is 4. The molecule has 5 nitrogen and oxygen atoms in total. The molecule has 0 bridgehead atoms. The first-order valence-electron chi connectivity index (χ1n) is 6.76. The fraction of sp³-hybridized carbons (Fsp3) is 0.312. The van der Waals surface area contributed by atoms with Crippen LogP contribution in [0, 0.1) is 13.8 Å². The standard InChI is InChI=1S/C16H19N3O2/c1-10(13-5-7-14(21-4)8-6-13)19-16(20)15-9-17-12(3)18-11(15)2/h5-10H,1-4H3,(H,19,20)/t10-/m0/s1. The zero-order valence-corrected chi connectivity index (χ0v) is 12.7. The number of nitrogens with one attached hydrogen (secondary N) is 1. The quantitative estimate of drug-likeness (QED) is 0.937. The molecule has 1 heterocycles. The number of hydrogen-bond donors (Lipinski definition) is 1. The van der Waals surface area contributed by atoms with E-state index in [1.807, 2.05) is 38.1 Å². The molecule has 0 radical (unpaired) electrons. The molecule has 0 spiro atoms. The highest BCUT2D eigenvalue weighted by Gasteiger charge is 2.14. The molecule has 21 heavy (non-hydrogen) atoms. The maximum Gasteiger partial charge on any atom is 0.255 e. The number of carbonyl (C=O) groups is 1. The maximum atomic E-state index is 12.3. The zero-order valence-electron chi connectivity index (χ0n) is 12.7. The van der Waals surface area contributed by atoms with Gasteiger partial charge in [0.05, 0.1) is 24.4 Å². The van der Waals surface area contributed by atoms with Crippen LogP contribution >= 0.6 is 0 Å². The van der Waals surface area contributed by atoms with Crippen LogP contribution < -0.4 is 10.1 Å².